The maximum Gasteiger partial charge on any atom is 0.343 e. The zero-order chi connectivity index (χ0) is 17.4. The molecule has 0 bridgehead atoms. The Bertz CT molecular complexity index is 585. The summed E-state index contributed by atoms with van der Waals surface area (Å²) in [5, 5.41) is 6.69. The van der Waals surface area contributed by atoms with Crippen LogP contribution < -0.4 is 5.32 Å². The Morgan fingerprint density at radius 3 is 2.57 bits per heavy atom. The van der Waals surface area contributed by atoms with Crippen LogP contribution in [0, 0.1) is 6.92 Å². The average molecular weight is 346 g/mol. The van der Waals surface area contributed by atoms with Crippen molar-refractivity contribution in [1.82, 2.24) is 15.1 Å². The number of carbonyl (C=O) groups is 3. The van der Waals surface area contributed by atoms with Crippen LogP contribution in [0.15, 0.2) is 0 Å². The Morgan fingerprint density at radius 2 is 2.00 bits per heavy atom. The zero-order valence-corrected chi connectivity index (χ0v) is 14.1. The molecule has 0 saturated heterocycles. The van der Waals surface area contributed by atoms with Crippen LogP contribution in [0.25, 0.3) is 0 Å². The molecule has 0 unspecified atom stereocenters. The van der Waals surface area contributed by atoms with E-state index in [2.05, 4.69) is 10.4 Å². The molecular formula is C14H20ClN3O5. The number of hydrogen-bond acceptors (Lipinski definition) is 6. The normalized spacial score (nSPS) is 10.3. The first-order valence-corrected chi connectivity index (χ1v) is 7.53. The van der Waals surface area contributed by atoms with Crippen LogP contribution in [0.5, 0.6) is 0 Å². The highest BCUT2D eigenvalue weighted by atomic mass is 35.5. The molecule has 0 spiro atoms. The summed E-state index contributed by atoms with van der Waals surface area (Å²) in [7, 11) is 1.60. The van der Waals surface area contributed by atoms with Crippen LogP contribution in [-0.2, 0) is 26.1 Å². The van der Waals surface area contributed by atoms with Gasteiger partial charge in [0.05, 0.1) is 12.3 Å². The lowest BCUT2D eigenvalue weighted by molar-refractivity contribution is -0.143. The number of nitrogens with zero attached hydrogens (tertiary/aromatic N) is 2. The molecule has 1 aromatic heterocycles. The molecule has 0 saturated carbocycles. The van der Waals surface area contributed by atoms with Crippen LogP contribution in [-0.4, -0.2) is 47.4 Å². The van der Waals surface area contributed by atoms with Gasteiger partial charge in [0.1, 0.15) is 10.7 Å². The first kappa shape index (κ1) is 19.0. The minimum Gasteiger partial charge on any atom is -0.466 e. The van der Waals surface area contributed by atoms with Crippen molar-refractivity contribution in [3.63, 3.8) is 0 Å². The number of aromatic nitrogens is 2. The van der Waals surface area contributed by atoms with Crippen molar-refractivity contribution >= 4 is 29.4 Å². The molecule has 0 aromatic carbocycles. The van der Waals surface area contributed by atoms with E-state index in [1.807, 2.05) is 0 Å². The SMILES string of the molecule is CCOC(=O)CCCNC(=O)COC(=O)c1c(C)nn(C)c1Cl. The maximum atomic E-state index is 11.9. The second-order valence-electron chi connectivity index (χ2n) is 4.71. The van der Waals surface area contributed by atoms with Gasteiger partial charge in [-0.05, 0) is 20.3 Å². The molecule has 1 amide bonds. The number of halogens is 1. The third-order valence-corrected chi connectivity index (χ3v) is 3.31. The van der Waals surface area contributed by atoms with Crippen molar-refractivity contribution in [2.75, 3.05) is 19.8 Å². The van der Waals surface area contributed by atoms with E-state index in [-0.39, 0.29) is 23.1 Å². The van der Waals surface area contributed by atoms with Gasteiger partial charge in [-0.25, -0.2) is 4.79 Å². The lowest BCUT2D eigenvalue weighted by Gasteiger charge is -2.06. The minimum atomic E-state index is -0.706. The molecule has 0 aliphatic carbocycles. The zero-order valence-electron chi connectivity index (χ0n) is 13.3. The summed E-state index contributed by atoms with van der Waals surface area (Å²) in [4.78, 5) is 34.6. The van der Waals surface area contributed by atoms with Crippen molar-refractivity contribution < 1.29 is 23.9 Å². The number of rotatable bonds is 8. The number of esters is 2. The third-order valence-electron chi connectivity index (χ3n) is 2.88. The Labute approximate surface area is 139 Å². The molecule has 1 N–H and O–H groups in total. The quantitative estimate of drug-likeness (QED) is 0.557. The van der Waals surface area contributed by atoms with E-state index in [1.54, 1.807) is 20.9 Å². The van der Waals surface area contributed by atoms with Gasteiger partial charge in [0, 0.05) is 20.0 Å². The van der Waals surface area contributed by atoms with Crippen molar-refractivity contribution in [1.29, 1.82) is 0 Å². The molecule has 0 aliphatic heterocycles. The summed E-state index contributed by atoms with van der Waals surface area (Å²) in [6, 6.07) is 0. The fourth-order valence-electron chi connectivity index (χ4n) is 1.81. The van der Waals surface area contributed by atoms with Gasteiger partial charge in [-0.2, -0.15) is 5.10 Å². The van der Waals surface area contributed by atoms with Gasteiger partial charge in [0.2, 0.25) is 0 Å². The molecule has 0 atom stereocenters. The first-order chi connectivity index (χ1) is 10.9. The van der Waals surface area contributed by atoms with Crippen molar-refractivity contribution in [3.05, 3.63) is 16.4 Å². The Balaban J connectivity index is 2.30. The first-order valence-electron chi connectivity index (χ1n) is 7.15. The van der Waals surface area contributed by atoms with Gasteiger partial charge in [-0.1, -0.05) is 11.6 Å². The van der Waals surface area contributed by atoms with Crippen LogP contribution in [0.4, 0.5) is 0 Å². The van der Waals surface area contributed by atoms with Crippen molar-refractivity contribution in [3.8, 4) is 0 Å². The number of amides is 1. The number of aryl methyl sites for hydroxylation is 2. The van der Waals surface area contributed by atoms with Gasteiger partial charge < -0.3 is 14.8 Å². The summed E-state index contributed by atoms with van der Waals surface area (Å²) in [6.07, 6.45) is 0.671. The van der Waals surface area contributed by atoms with E-state index in [9.17, 15) is 14.4 Å². The molecule has 1 aromatic rings. The highest BCUT2D eigenvalue weighted by molar-refractivity contribution is 6.32. The number of ether oxygens (including phenoxy) is 2. The van der Waals surface area contributed by atoms with E-state index in [0.717, 1.165) is 0 Å². The predicted molar refractivity (Wildman–Crippen MR) is 82.1 cm³/mol. The summed E-state index contributed by atoms with van der Waals surface area (Å²) >= 11 is 5.94. The number of hydrogen-bond donors (Lipinski definition) is 1. The van der Waals surface area contributed by atoms with Crippen LogP contribution >= 0.6 is 11.6 Å². The van der Waals surface area contributed by atoms with Gasteiger partial charge in [0.15, 0.2) is 6.61 Å². The second-order valence-corrected chi connectivity index (χ2v) is 5.07. The summed E-state index contributed by atoms with van der Waals surface area (Å²) < 4.78 is 11.0. The van der Waals surface area contributed by atoms with Gasteiger partial charge >= 0.3 is 11.9 Å². The molecule has 1 rings (SSSR count). The molecule has 0 radical (unpaired) electrons. The lowest BCUT2D eigenvalue weighted by atomic mass is 10.3. The van der Waals surface area contributed by atoms with Gasteiger partial charge in [-0.3, -0.25) is 14.3 Å². The number of nitrogens with one attached hydrogen (secondary N) is 1. The van der Waals surface area contributed by atoms with Gasteiger partial charge in [-0.15, -0.1) is 0 Å². The molecule has 1 heterocycles. The summed E-state index contributed by atoms with van der Waals surface area (Å²) in [5.41, 5.74) is 0.571. The van der Waals surface area contributed by atoms with E-state index < -0.39 is 18.5 Å². The maximum absolute atomic E-state index is 11.9. The Hall–Kier alpha value is -2.09. The topological polar surface area (TPSA) is 99.5 Å². The highest BCUT2D eigenvalue weighted by Gasteiger charge is 2.21. The third kappa shape index (κ3) is 5.90. The summed E-state index contributed by atoms with van der Waals surface area (Å²) in [5.74, 6) is -1.47. The monoisotopic (exact) mass is 345 g/mol. The van der Waals surface area contributed by atoms with E-state index in [4.69, 9.17) is 21.1 Å². The summed E-state index contributed by atoms with van der Waals surface area (Å²) in [6.45, 7) is 3.55. The standard InChI is InChI=1S/C14H20ClN3O5/c1-4-22-11(20)6-5-7-16-10(19)8-23-14(21)12-9(2)17-18(3)13(12)15/h4-8H2,1-3H3,(H,16,19). The average Bonchev–Trinajstić information content (AvgIpc) is 2.74. The molecule has 128 valence electrons. The number of carbonyl (C=O) groups excluding carboxylic acids is 3. The lowest BCUT2D eigenvalue weighted by Crippen LogP contribution is -2.30. The smallest absolute Gasteiger partial charge is 0.343 e. The van der Waals surface area contributed by atoms with Gasteiger partial charge in [0.25, 0.3) is 5.91 Å². The highest BCUT2D eigenvalue weighted by Crippen LogP contribution is 2.19. The van der Waals surface area contributed by atoms with Crippen LogP contribution in [0.3, 0.4) is 0 Å². The predicted octanol–water partition coefficient (Wildman–Crippen LogP) is 0.998. The Morgan fingerprint density at radius 1 is 1.30 bits per heavy atom. The second kappa shape index (κ2) is 9.14. The van der Waals surface area contributed by atoms with Crippen LogP contribution in [0.2, 0.25) is 5.15 Å². The van der Waals surface area contributed by atoms with Crippen LogP contribution in [0.1, 0.15) is 35.8 Å². The molecule has 0 fully saturated rings. The largest absolute Gasteiger partial charge is 0.466 e. The van der Waals surface area contributed by atoms with E-state index in [1.165, 1.54) is 4.68 Å². The molecule has 9 heteroatoms. The Kier molecular flexibility index (Phi) is 7.53. The molecule has 23 heavy (non-hydrogen) atoms. The fraction of sp³-hybridized carbons (Fsp3) is 0.571. The molecular weight excluding hydrogens is 326 g/mol. The fourth-order valence-corrected chi connectivity index (χ4v) is 2.06. The van der Waals surface area contributed by atoms with Crippen molar-refractivity contribution in [2.24, 2.45) is 7.05 Å². The molecule has 0 aliphatic rings. The minimum absolute atomic E-state index is 0.143. The van der Waals surface area contributed by atoms with Crippen molar-refractivity contribution in [2.45, 2.75) is 26.7 Å². The van der Waals surface area contributed by atoms with E-state index >= 15 is 0 Å². The molecule has 8 nitrogen and oxygen atoms in total. The van der Waals surface area contributed by atoms with E-state index in [0.29, 0.717) is 25.3 Å².